The first-order chi connectivity index (χ1) is 7.81. The molecular formula is C12H12N2O2. The Labute approximate surface area is 93.6 Å². The van der Waals surface area contributed by atoms with Gasteiger partial charge >= 0.3 is 0 Å². The molecular weight excluding hydrogens is 204 g/mol. The predicted molar refractivity (Wildman–Crippen MR) is 59.2 cm³/mol. The topological polar surface area (TPSA) is 55.2 Å². The maximum Gasteiger partial charge on any atom is 0.224 e. The largest absolute Gasteiger partial charge is 0.437 e. The number of aliphatic hydroxyl groups is 1. The molecule has 0 bridgehead atoms. The van der Waals surface area contributed by atoms with Crippen LogP contribution < -0.4 is 4.74 Å². The van der Waals surface area contributed by atoms with Gasteiger partial charge in [-0.15, -0.1) is 0 Å². The van der Waals surface area contributed by atoms with Crippen molar-refractivity contribution in [2.24, 2.45) is 0 Å². The first-order valence-electron chi connectivity index (χ1n) is 4.95. The van der Waals surface area contributed by atoms with E-state index in [2.05, 4.69) is 9.97 Å². The Hall–Kier alpha value is -1.94. The van der Waals surface area contributed by atoms with Crippen molar-refractivity contribution in [3.05, 3.63) is 47.9 Å². The van der Waals surface area contributed by atoms with Gasteiger partial charge in [0.2, 0.25) is 5.88 Å². The minimum absolute atomic E-state index is 0.0948. The van der Waals surface area contributed by atoms with Gasteiger partial charge < -0.3 is 9.84 Å². The van der Waals surface area contributed by atoms with Gasteiger partial charge in [0, 0.05) is 18.0 Å². The monoisotopic (exact) mass is 216 g/mol. The Kier molecular flexibility index (Phi) is 3.12. The van der Waals surface area contributed by atoms with Crippen molar-refractivity contribution < 1.29 is 9.84 Å². The van der Waals surface area contributed by atoms with Crippen LogP contribution in [0.2, 0.25) is 0 Å². The molecule has 0 radical (unpaired) electrons. The normalized spacial score (nSPS) is 10.1. The highest BCUT2D eigenvalue weighted by atomic mass is 16.5. The summed E-state index contributed by atoms with van der Waals surface area (Å²) in [6, 6.07) is 7.14. The van der Waals surface area contributed by atoms with Crippen LogP contribution in [0.5, 0.6) is 11.6 Å². The number of pyridine rings is 2. The quantitative estimate of drug-likeness (QED) is 0.853. The van der Waals surface area contributed by atoms with Gasteiger partial charge in [-0.05, 0) is 31.2 Å². The van der Waals surface area contributed by atoms with Crippen LogP contribution in [-0.4, -0.2) is 15.1 Å². The Morgan fingerprint density at radius 2 is 1.94 bits per heavy atom. The third-order valence-electron chi connectivity index (χ3n) is 2.19. The molecule has 4 heteroatoms. The van der Waals surface area contributed by atoms with E-state index < -0.39 is 0 Å². The van der Waals surface area contributed by atoms with Gasteiger partial charge in [-0.3, -0.25) is 4.98 Å². The highest BCUT2D eigenvalue weighted by Crippen LogP contribution is 2.24. The van der Waals surface area contributed by atoms with Crippen molar-refractivity contribution in [2.45, 2.75) is 13.5 Å². The molecule has 2 heterocycles. The van der Waals surface area contributed by atoms with Gasteiger partial charge in [-0.2, -0.15) is 0 Å². The molecule has 0 atom stereocenters. The molecule has 4 nitrogen and oxygen atoms in total. The summed E-state index contributed by atoms with van der Waals surface area (Å²) in [5, 5.41) is 9.13. The van der Waals surface area contributed by atoms with E-state index in [1.807, 2.05) is 13.0 Å². The van der Waals surface area contributed by atoms with E-state index in [0.29, 0.717) is 17.2 Å². The molecule has 0 saturated carbocycles. The summed E-state index contributed by atoms with van der Waals surface area (Å²) in [7, 11) is 0. The van der Waals surface area contributed by atoms with Gasteiger partial charge in [-0.25, -0.2) is 4.98 Å². The van der Waals surface area contributed by atoms with E-state index >= 15 is 0 Å². The van der Waals surface area contributed by atoms with Crippen molar-refractivity contribution >= 4 is 0 Å². The van der Waals surface area contributed by atoms with E-state index in [-0.39, 0.29) is 6.61 Å². The average Bonchev–Trinajstić information content (AvgIpc) is 2.33. The fourth-order valence-corrected chi connectivity index (χ4v) is 1.32. The van der Waals surface area contributed by atoms with Crippen LogP contribution >= 0.6 is 0 Å². The van der Waals surface area contributed by atoms with Crippen molar-refractivity contribution in [1.82, 2.24) is 9.97 Å². The summed E-state index contributed by atoms with van der Waals surface area (Å²) in [5.74, 6) is 1.07. The van der Waals surface area contributed by atoms with Crippen molar-refractivity contribution in [3.63, 3.8) is 0 Å². The SMILES string of the molecule is Cc1ncccc1Oc1ncccc1CO. The minimum Gasteiger partial charge on any atom is -0.437 e. The van der Waals surface area contributed by atoms with Crippen LogP contribution in [0.1, 0.15) is 11.3 Å². The lowest BCUT2D eigenvalue weighted by atomic mass is 10.3. The molecule has 1 N–H and O–H groups in total. The molecule has 0 amide bonds. The number of aromatic nitrogens is 2. The Morgan fingerprint density at radius 3 is 2.69 bits per heavy atom. The summed E-state index contributed by atoms with van der Waals surface area (Å²) in [6.07, 6.45) is 3.33. The molecule has 82 valence electrons. The molecule has 16 heavy (non-hydrogen) atoms. The predicted octanol–water partition coefficient (Wildman–Crippen LogP) is 2.07. The van der Waals surface area contributed by atoms with Crippen LogP contribution in [0.15, 0.2) is 36.7 Å². The summed E-state index contributed by atoms with van der Waals surface area (Å²) < 4.78 is 5.60. The van der Waals surface area contributed by atoms with E-state index in [1.54, 1.807) is 30.6 Å². The second kappa shape index (κ2) is 4.72. The lowest BCUT2D eigenvalue weighted by Crippen LogP contribution is -1.96. The van der Waals surface area contributed by atoms with E-state index in [1.165, 1.54) is 0 Å². The number of aliphatic hydroxyl groups excluding tert-OH is 1. The highest BCUT2D eigenvalue weighted by Gasteiger charge is 2.06. The standard InChI is InChI=1S/C12H12N2O2/c1-9-11(5-3-6-13-9)16-12-10(8-15)4-2-7-14-12/h2-7,15H,8H2,1H3. The van der Waals surface area contributed by atoms with E-state index in [4.69, 9.17) is 9.84 Å². The molecule has 0 saturated heterocycles. The summed E-state index contributed by atoms with van der Waals surface area (Å²) in [6.45, 7) is 1.76. The zero-order valence-electron chi connectivity index (χ0n) is 8.92. The van der Waals surface area contributed by atoms with Crippen LogP contribution in [0.25, 0.3) is 0 Å². The Morgan fingerprint density at radius 1 is 1.19 bits per heavy atom. The van der Waals surface area contributed by atoms with E-state index in [0.717, 1.165) is 5.69 Å². The molecule has 2 aromatic heterocycles. The van der Waals surface area contributed by atoms with Crippen molar-refractivity contribution in [3.8, 4) is 11.6 Å². The Balaban J connectivity index is 2.30. The average molecular weight is 216 g/mol. The van der Waals surface area contributed by atoms with Gasteiger partial charge in [0.15, 0.2) is 5.75 Å². The summed E-state index contributed by atoms with van der Waals surface area (Å²) in [4.78, 5) is 8.19. The molecule has 0 fully saturated rings. The molecule has 0 aliphatic heterocycles. The van der Waals surface area contributed by atoms with Crippen molar-refractivity contribution in [2.75, 3.05) is 0 Å². The number of ether oxygens (including phenoxy) is 1. The van der Waals surface area contributed by atoms with Gasteiger partial charge in [0.05, 0.1) is 12.3 Å². The summed E-state index contributed by atoms with van der Waals surface area (Å²) in [5.41, 5.74) is 1.45. The molecule has 0 aliphatic rings. The number of aryl methyl sites for hydroxylation is 1. The first kappa shape index (κ1) is 10.6. The van der Waals surface area contributed by atoms with Gasteiger partial charge in [-0.1, -0.05) is 0 Å². The van der Waals surface area contributed by atoms with Crippen LogP contribution in [0, 0.1) is 6.92 Å². The maximum absolute atomic E-state index is 9.13. The van der Waals surface area contributed by atoms with Gasteiger partial charge in [0.1, 0.15) is 0 Å². The lowest BCUT2D eigenvalue weighted by molar-refractivity contribution is 0.275. The van der Waals surface area contributed by atoms with Crippen LogP contribution in [-0.2, 0) is 6.61 Å². The smallest absolute Gasteiger partial charge is 0.224 e. The molecule has 0 unspecified atom stereocenters. The molecule has 0 aromatic carbocycles. The highest BCUT2D eigenvalue weighted by molar-refractivity contribution is 5.33. The molecule has 2 rings (SSSR count). The van der Waals surface area contributed by atoms with Gasteiger partial charge in [0.25, 0.3) is 0 Å². The van der Waals surface area contributed by atoms with Crippen LogP contribution in [0.4, 0.5) is 0 Å². The lowest BCUT2D eigenvalue weighted by Gasteiger charge is -2.09. The third-order valence-corrected chi connectivity index (χ3v) is 2.19. The first-order valence-corrected chi connectivity index (χ1v) is 4.95. The second-order valence-corrected chi connectivity index (χ2v) is 3.31. The summed E-state index contributed by atoms with van der Waals surface area (Å²) >= 11 is 0. The molecule has 0 aliphatic carbocycles. The van der Waals surface area contributed by atoms with Crippen molar-refractivity contribution in [1.29, 1.82) is 0 Å². The van der Waals surface area contributed by atoms with Crippen LogP contribution in [0.3, 0.4) is 0 Å². The second-order valence-electron chi connectivity index (χ2n) is 3.31. The van der Waals surface area contributed by atoms with E-state index in [9.17, 15) is 0 Å². The zero-order chi connectivity index (χ0) is 11.4. The number of rotatable bonds is 3. The Bertz CT molecular complexity index is 486. The minimum atomic E-state index is -0.0948. The zero-order valence-corrected chi connectivity index (χ0v) is 8.92. The molecule has 0 spiro atoms. The fraction of sp³-hybridized carbons (Fsp3) is 0.167. The maximum atomic E-state index is 9.13. The number of hydrogen-bond acceptors (Lipinski definition) is 4. The fourth-order valence-electron chi connectivity index (χ4n) is 1.32. The third kappa shape index (κ3) is 2.17. The molecule has 2 aromatic rings. The number of nitrogens with zero attached hydrogens (tertiary/aromatic N) is 2. The number of hydrogen-bond donors (Lipinski definition) is 1.